The largest absolute Gasteiger partial charge is 0.492 e. The van der Waals surface area contributed by atoms with Gasteiger partial charge in [0.2, 0.25) is 20.5 Å². The molecule has 0 aliphatic rings. The van der Waals surface area contributed by atoms with E-state index in [0.717, 1.165) is 6.42 Å². The molecule has 540 valence electrons. The Bertz CT molecular complexity index is 2220. The van der Waals surface area contributed by atoms with Gasteiger partial charge in [0.1, 0.15) is 37.8 Å². The minimum atomic E-state index is -2.98. The van der Waals surface area contributed by atoms with Gasteiger partial charge in [0.15, 0.2) is 11.5 Å². The van der Waals surface area contributed by atoms with Crippen LogP contribution in [0, 0.1) is 0 Å². The summed E-state index contributed by atoms with van der Waals surface area (Å²) in [7, 11) is -4.35. The molecule has 0 saturated heterocycles. The summed E-state index contributed by atoms with van der Waals surface area (Å²) < 4.78 is 151. The van der Waals surface area contributed by atoms with Crippen LogP contribution >= 0.6 is 14.7 Å². The van der Waals surface area contributed by atoms with Gasteiger partial charge in [0.25, 0.3) is 5.91 Å². The first-order valence-electron chi connectivity index (χ1n) is 32.3. The van der Waals surface area contributed by atoms with E-state index in [1.807, 2.05) is 33.8 Å². The number of ether oxygens (including phenoxy) is 20. The van der Waals surface area contributed by atoms with Crippen molar-refractivity contribution in [3.63, 3.8) is 0 Å². The summed E-state index contributed by atoms with van der Waals surface area (Å²) in [6.07, 6.45) is 1.44. The number of amides is 1. The Morgan fingerprint density at radius 3 is 1.09 bits per heavy atom. The molecule has 1 N–H and O–H groups in total. The molecule has 1 amide bonds. The molecule has 2 atom stereocenters. The van der Waals surface area contributed by atoms with Gasteiger partial charge in [-0.2, -0.15) is 0 Å². The first-order valence-corrected chi connectivity index (χ1v) is 36.8. The third-order valence-corrected chi connectivity index (χ3v) is 15.4. The van der Waals surface area contributed by atoms with Crippen molar-refractivity contribution >= 4 is 26.6 Å². The number of hydrogen-bond donors (Lipinski definition) is 1. The summed E-state index contributed by atoms with van der Waals surface area (Å²) in [5.74, 6) is 0.403. The van der Waals surface area contributed by atoms with Crippen LogP contribution in [0.5, 0.6) is 23.0 Å². The zero-order valence-corrected chi connectivity index (χ0v) is 59.0. The average Bonchev–Trinajstić information content (AvgIpc) is 0.859. The summed E-state index contributed by atoms with van der Waals surface area (Å²) in [5.41, 5.74) is 1.10. The number of nitrogens with one attached hydrogen (secondary N) is 1. The lowest BCUT2D eigenvalue weighted by atomic mass is 10.1. The van der Waals surface area contributed by atoms with Crippen molar-refractivity contribution in [2.75, 3.05) is 258 Å². The fraction of sp³-hybridized carbons (Fsp3) is 0.781. The summed E-state index contributed by atoms with van der Waals surface area (Å²) in [5, 5.41) is 2.92. The lowest BCUT2D eigenvalue weighted by Crippen LogP contribution is -2.28. The molecule has 0 bridgehead atoms. The maximum absolute atomic E-state index is 14.0. The van der Waals surface area contributed by atoms with Crippen molar-refractivity contribution < 1.29 is 123 Å². The average molecular weight is 1370 g/mol. The van der Waals surface area contributed by atoms with Gasteiger partial charge in [0, 0.05) is 44.9 Å². The van der Waals surface area contributed by atoms with E-state index >= 15 is 0 Å². The van der Waals surface area contributed by atoms with E-state index in [1.54, 1.807) is 58.6 Å². The van der Waals surface area contributed by atoms with E-state index in [1.165, 1.54) is 0 Å². The number of carbonyl (C=O) groups is 2. The first-order chi connectivity index (χ1) is 45.0. The van der Waals surface area contributed by atoms with E-state index in [9.17, 15) is 18.7 Å². The fourth-order valence-electron chi connectivity index (χ4n) is 7.98. The molecule has 93 heavy (non-hydrogen) atoms. The number of esters is 1. The number of benzene rings is 2. The van der Waals surface area contributed by atoms with Gasteiger partial charge in [-0.05, 0) is 76.4 Å². The van der Waals surface area contributed by atoms with Crippen LogP contribution in [-0.2, 0) is 111 Å². The fourth-order valence-corrected chi connectivity index (χ4v) is 10.9. The maximum atomic E-state index is 14.0. The highest BCUT2D eigenvalue weighted by Gasteiger charge is 2.23. The van der Waals surface area contributed by atoms with Crippen molar-refractivity contribution in [2.45, 2.75) is 72.3 Å². The lowest BCUT2D eigenvalue weighted by Gasteiger charge is -2.19. The first kappa shape index (κ1) is 85.4. The predicted molar refractivity (Wildman–Crippen MR) is 349 cm³/mol. The van der Waals surface area contributed by atoms with Crippen LogP contribution in [-0.4, -0.2) is 276 Å². The highest BCUT2D eigenvalue weighted by Crippen LogP contribution is 2.49. The normalized spacial score (nSPS) is 13.0. The van der Waals surface area contributed by atoms with Gasteiger partial charge < -0.3 is 109 Å². The molecule has 0 aromatic heterocycles. The SMILES string of the molecule is CCCOCCOCCOCCOc1cc(C(=O)NCCOc2cc(CP(C)(=O)OCC)cc(CP(C)(=O)OCC)c2)cc(OCCOCCOCCOCCOC)c1OCCOCCOCCOCCOCCOCCOCCOCCOCCC(=O)OC(C)(C)C. The van der Waals surface area contributed by atoms with Gasteiger partial charge in [-0.15, -0.1) is 0 Å². The summed E-state index contributed by atoms with van der Waals surface area (Å²) in [6, 6.07) is 8.51. The van der Waals surface area contributed by atoms with E-state index in [2.05, 4.69) is 5.32 Å². The Balaban J connectivity index is 1.95. The zero-order chi connectivity index (χ0) is 67.8. The second-order valence-corrected chi connectivity index (χ2v) is 26.7. The lowest BCUT2D eigenvalue weighted by molar-refractivity contribution is -0.156. The summed E-state index contributed by atoms with van der Waals surface area (Å²) in [6.45, 7) is 26.6. The second kappa shape index (κ2) is 56.4. The highest BCUT2D eigenvalue weighted by atomic mass is 31.2. The van der Waals surface area contributed by atoms with Gasteiger partial charge in [-0.3, -0.25) is 18.7 Å². The molecule has 0 aliphatic heterocycles. The molecule has 0 aliphatic carbocycles. The van der Waals surface area contributed by atoms with E-state index in [-0.39, 0.29) is 107 Å². The number of hydrogen-bond acceptors (Lipinski definition) is 26. The van der Waals surface area contributed by atoms with Crippen molar-refractivity contribution in [3.8, 4) is 23.0 Å². The monoisotopic (exact) mass is 1370 g/mol. The van der Waals surface area contributed by atoms with Crippen LogP contribution in [0.4, 0.5) is 0 Å². The number of rotatable bonds is 66. The minimum absolute atomic E-state index is 0.0627. The van der Waals surface area contributed by atoms with Gasteiger partial charge in [-0.1, -0.05) is 13.0 Å². The Morgan fingerprint density at radius 2 is 0.742 bits per heavy atom. The minimum Gasteiger partial charge on any atom is -0.492 e. The van der Waals surface area contributed by atoms with E-state index in [0.29, 0.717) is 195 Å². The Labute approximate surface area is 553 Å². The highest BCUT2D eigenvalue weighted by molar-refractivity contribution is 7.57. The number of methoxy groups -OCH3 is 1. The van der Waals surface area contributed by atoms with Crippen LogP contribution in [0.1, 0.15) is 75.9 Å². The van der Waals surface area contributed by atoms with Crippen molar-refractivity contribution in [1.29, 1.82) is 0 Å². The molecule has 2 aromatic carbocycles. The molecule has 0 fully saturated rings. The van der Waals surface area contributed by atoms with Crippen LogP contribution in [0.15, 0.2) is 30.3 Å². The molecule has 29 heteroatoms. The molecular formula is C64H113NO26P2. The van der Waals surface area contributed by atoms with Crippen molar-refractivity contribution in [2.24, 2.45) is 0 Å². The molecule has 27 nitrogen and oxygen atoms in total. The van der Waals surface area contributed by atoms with E-state index < -0.39 is 26.2 Å². The molecule has 0 saturated carbocycles. The standard InChI is InChI=1S/C64H113NO26P2/c1-10-15-71-20-22-74-36-39-82-42-45-86-59-51-57(63(67)65-14-17-85-58-49-55(53-92(8,68)89-11-2)48-56(50-58)54-93(9,69)90-12-3)52-60(87-46-43-83-40-37-76-25-24-73-19-18-70-7)62(59)88-47-44-84-41-38-81-35-34-80-33-32-79-31-30-78-29-28-77-27-26-75-23-21-72-16-13-61(66)91-64(4,5)6/h48-52H,10-47,53-54H2,1-9H3,(H,65,67). The molecule has 2 unspecified atom stereocenters. The number of carbonyl (C=O) groups excluding carboxylic acids is 2. The van der Waals surface area contributed by atoms with Gasteiger partial charge in [0.05, 0.1) is 211 Å². The molecule has 0 radical (unpaired) electrons. The smallest absolute Gasteiger partial charge is 0.308 e. The van der Waals surface area contributed by atoms with Gasteiger partial charge in [-0.25, -0.2) is 0 Å². The molecule has 0 spiro atoms. The zero-order valence-electron chi connectivity index (χ0n) is 57.2. The Kier molecular flexibility index (Phi) is 51.8. The third kappa shape index (κ3) is 49.5. The molecule has 2 rings (SSSR count). The van der Waals surface area contributed by atoms with E-state index in [4.69, 9.17) is 104 Å². The Morgan fingerprint density at radius 1 is 0.409 bits per heavy atom. The van der Waals surface area contributed by atoms with Crippen molar-refractivity contribution in [3.05, 3.63) is 47.0 Å². The second-order valence-electron chi connectivity index (χ2n) is 21.5. The Hall–Kier alpha value is -3.64. The quantitative estimate of drug-likeness (QED) is 0.0380. The molecule has 0 heterocycles. The molecule has 2 aromatic rings. The van der Waals surface area contributed by atoms with Crippen LogP contribution in [0.3, 0.4) is 0 Å². The third-order valence-electron chi connectivity index (χ3n) is 11.9. The van der Waals surface area contributed by atoms with Gasteiger partial charge >= 0.3 is 5.97 Å². The topological polar surface area (TPSA) is 283 Å². The van der Waals surface area contributed by atoms with Crippen molar-refractivity contribution in [1.82, 2.24) is 5.32 Å². The maximum Gasteiger partial charge on any atom is 0.308 e. The van der Waals surface area contributed by atoms with Crippen LogP contribution < -0.4 is 24.3 Å². The molecular weight excluding hydrogens is 1260 g/mol. The predicted octanol–water partition coefficient (Wildman–Crippen LogP) is 7.54. The van der Waals surface area contributed by atoms with Crippen LogP contribution in [0.2, 0.25) is 0 Å². The summed E-state index contributed by atoms with van der Waals surface area (Å²) >= 11 is 0. The summed E-state index contributed by atoms with van der Waals surface area (Å²) in [4.78, 5) is 25.7. The van der Waals surface area contributed by atoms with Crippen LogP contribution in [0.25, 0.3) is 0 Å².